The van der Waals surface area contributed by atoms with Crippen LogP contribution in [-0.4, -0.2) is 68.3 Å². The largest absolute Gasteiger partial charge is 0.493 e. The first-order valence-corrected chi connectivity index (χ1v) is 17.7. The first-order chi connectivity index (χ1) is 24.6. The van der Waals surface area contributed by atoms with E-state index in [2.05, 4.69) is 0 Å². The first-order valence-electron chi connectivity index (χ1n) is 17.7. The molecule has 3 heterocycles. The van der Waals surface area contributed by atoms with Gasteiger partial charge in [0.2, 0.25) is 0 Å². The predicted octanol–water partition coefficient (Wildman–Crippen LogP) is 7.09. The number of carbonyl (C=O) groups excluding carboxylic acids is 2. The highest BCUT2D eigenvalue weighted by Crippen LogP contribution is 2.39. The van der Waals surface area contributed by atoms with Crippen LogP contribution in [0.4, 0.5) is 0 Å². The molecule has 12 heteroatoms. The third kappa shape index (κ3) is 12.6. The van der Waals surface area contributed by atoms with Gasteiger partial charge in [-0.05, 0) is 59.7 Å². The van der Waals surface area contributed by atoms with E-state index in [1.54, 1.807) is 14.2 Å². The van der Waals surface area contributed by atoms with Crippen molar-refractivity contribution in [3.05, 3.63) is 89.5 Å². The Morgan fingerprint density at radius 3 is 1.49 bits per heavy atom. The standard InChI is InChI=1S/C16H22O4.C15H20O4.C10H13NO2.ClH/c1-16(2,3)20-14(17)9-11-10-19-13-8-6-5-7-12(13)15(11)18-4;1-15(2,3)19-13(16)8-10-9-18-12-7-5-4-6-11(12)14(10)17;1-12-10-7-4-2-3-5-9(7)13-6-8(10)11;/h5-8,11,15H,9-10H2,1-4H3;4-7,10,14,17H,8-9H2,1-3H3;2-5,8,10H,6,11H2,1H3;1H. The van der Waals surface area contributed by atoms with E-state index in [1.807, 2.05) is 114 Å². The van der Waals surface area contributed by atoms with Crippen molar-refractivity contribution in [2.45, 2.75) is 89.9 Å². The number of halogens is 1. The van der Waals surface area contributed by atoms with Gasteiger partial charge in [-0.1, -0.05) is 54.6 Å². The van der Waals surface area contributed by atoms with Crippen molar-refractivity contribution in [1.29, 1.82) is 0 Å². The Morgan fingerprint density at radius 1 is 0.642 bits per heavy atom. The van der Waals surface area contributed by atoms with Crippen molar-refractivity contribution in [2.24, 2.45) is 17.6 Å². The third-order valence-electron chi connectivity index (χ3n) is 8.50. The van der Waals surface area contributed by atoms with Gasteiger partial charge in [0.1, 0.15) is 41.2 Å². The van der Waals surface area contributed by atoms with Crippen LogP contribution in [0.15, 0.2) is 72.8 Å². The number of fused-ring (bicyclic) bond motifs is 3. The molecule has 11 nitrogen and oxygen atoms in total. The normalized spacial score (nSPS) is 22.7. The zero-order chi connectivity index (χ0) is 38.1. The zero-order valence-electron chi connectivity index (χ0n) is 32.0. The lowest BCUT2D eigenvalue weighted by atomic mass is 9.90. The third-order valence-corrected chi connectivity index (χ3v) is 8.50. The van der Waals surface area contributed by atoms with Crippen LogP contribution in [0.5, 0.6) is 17.2 Å². The van der Waals surface area contributed by atoms with Crippen LogP contribution in [0.1, 0.15) is 89.4 Å². The van der Waals surface area contributed by atoms with Gasteiger partial charge in [0.05, 0.1) is 44.3 Å². The monoisotopic (exact) mass is 757 g/mol. The number of hydrogen-bond acceptors (Lipinski definition) is 11. The quantitative estimate of drug-likeness (QED) is 0.249. The number of carbonyl (C=O) groups is 2. The molecule has 3 aromatic rings. The maximum atomic E-state index is 12.0. The molecule has 292 valence electrons. The summed E-state index contributed by atoms with van der Waals surface area (Å²) in [4.78, 5) is 23.8. The van der Waals surface area contributed by atoms with Crippen molar-refractivity contribution < 1.29 is 47.9 Å². The average Bonchev–Trinajstić information content (AvgIpc) is 3.08. The number of benzene rings is 3. The van der Waals surface area contributed by atoms with E-state index in [0.717, 1.165) is 28.2 Å². The molecule has 0 saturated carbocycles. The Labute approximate surface area is 319 Å². The molecule has 6 unspecified atom stereocenters. The van der Waals surface area contributed by atoms with Gasteiger partial charge in [-0.25, -0.2) is 0 Å². The Hall–Kier alpha value is -3.87. The van der Waals surface area contributed by atoms with Gasteiger partial charge < -0.3 is 44.0 Å². The highest BCUT2D eigenvalue weighted by Gasteiger charge is 2.34. The van der Waals surface area contributed by atoms with Crippen LogP contribution in [0.3, 0.4) is 0 Å². The molecule has 6 atom stereocenters. The van der Waals surface area contributed by atoms with Crippen molar-refractivity contribution in [3.63, 3.8) is 0 Å². The van der Waals surface area contributed by atoms with E-state index in [1.165, 1.54) is 0 Å². The summed E-state index contributed by atoms with van der Waals surface area (Å²) in [6.07, 6.45) is -0.397. The summed E-state index contributed by atoms with van der Waals surface area (Å²) in [5.41, 5.74) is 7.66. The fourth-order valence-corrected chi connectivity index (χ4v) is 6.29. The molecule has 0 aromatic heterocycles. The Morgan fingerprint density at radius 2 is 1.02 bits per heavy atom. The fourth-order valence-electron chi connectivity index (χ4n) is 6.29. The average molecular weight is 758 g/mol. The summed E-state index contributed by atoms with van der Waals surface area (Å²) in [7, 11) is 3.33. The maximum absolute atomic E-state index is 12.0. The lowest BCUT2D eigenvalue weighted by Gasteiger charge is -2.32. The van der Waals surface area contributed by atoms with Crippen LogP contribution in [0, 0.1) is 11.8 Å². The van der Waals surface area contributed by atoms with E-state index >= 15 is 0 Å². The van der Waals surface area contributed by atoms with Crippen LogP contribution >= 0.6 is 12.4 Å². The van der Waals surface area contributed by atoms with E-state index in [-0.39, 0.29) is 60.9 Å². The van der Waals surface area contributed by atoms with Crippen molar-refractivity contribution in [1.82, 2.24) is 0 Å². The second kappa shape index (κ2) is 19.5. The topological polar surface area (TPSA) is 145 Å². The van der Waals surface area contributed by atoms with Gasteiger partial charge in [0.25, 0.3) is 0 Å². The minimum Gasteiger partial charge on any atom is -0.493 e. The second-order valence-corrected chi connectivity index (χ2v) is 15.1. The zero-order valence-corrected chi connectivity index (χ0v) is 32.9. The predicted molar refractivity (Wildman–Crippen MR) is 203 cm³/mol. The van der Waals surface area contributed by atoms with Crippen molar-refractivity contribution in [2.75, 3.05) is 34.0 Å². The highest BCUT2D eigenvalue weighted by atomic mass is 35.5. The molecule has 3 aliphatic rings. The van der Waals surface area contributed by atoms with Gasteiger partial charge >= 0.3 is 11.9 Å². The lowest BCUT2D eigenvalue weighted by Crippen LogP contribution is -2.38. The molecule has 0 aliphatic carbocycles. The van der Waals surface area contributed by atoms with Crippen molar-refractivity contribution in [3.8, 4) is 17.2 Å². The van der Waals surface area contributed by atoms with Crippen LogP contribution in [0.25, 0.3) is 0 Å². The van der Waals surface area contributed by atoms with Gasteiger partial charge in [-0.15, -0.1) is 12.4 Å². The fraction of sp³-hybridized carbons (Fsp3) is 0.512. The molecule has 3 aromatic carbocycles. The van der Waals surface area contributed by atoms with E-state index < -0.39 is 17.3 Å². The SMILES string of the molecule is CC(C)(C)OC(=O)CC1COc2ccccc2C1O.COC1c2ccccc2OCC1CC(=O)OC(C)(C)C.COC1c2ccccc2OCC1N.Cl. The van der Waals surface area contributed by atoms with E-state index in [4.69, 9.17) is 38.9 Å². The number of aliphatic hydroxyl groups excluding tert-OH is 1. The van der Waals surface area contributed by atoms with Crippen LogP contribution in [0.2, 0.25) is 0 Å². The Balaban J connectivity index is 0.000000217. The van der Waals surface area contributed by atoms with Crippen LogP contribution < -0.4 is 19.9 Å². The van der Waals surface area contributed by atoms with Gasteiger partial charge in [0, 0.05) is 42.7 Å². The second-order valence-electron chi connectivity index (χ2n) is 15.1. The molecule has 0 radical (unpaired) electrons. The molecule has 0 amide bonds. The summed E-state index contributed by atoms with van der Waals surface area (Å²) in [5.74, 6) is 1.60. The Bertz CT molecular complexity index is 1620. The lowest BCUT2D eigenvalue weighted by molar-refractivity contribution is -0.159. The molecule has 3 N–H and O–H groups in total. The number of esters is 2. The number of nitrogens with two attached hydrogens (primary N) is 1. The van der Waals surface area contributed by atoms with Gasteiger partial charge in [-0.3, -0.25) is 9.59 Å². The minimum atomic E-state index is -0.683. The van der Waals surface area contributed by atoms with E-state index in [9.17, 15) is 14.7 Å². The van der Waals surface area contributed by atoms with E-state index in [0.29, 0.717) is 32.0 Å². The number of aliphatic hydroxyl groups is 1. The summed E-state index contributed by atoms with van der Waals surface area (Å²) in [5, 5.41) is 10.3. The highest BCUT2D eigenvalue weighted by molar-refractivity contribution is 5.85. The molecule has 53 heavy (non-hydrogen) atoms. The van der Waals surface area contributed by atoms with Crippen LogP contribution in [-0.2, 0) is 28.5 Å². The molecular formula is C41H56ClNO10. The van der Waals surface area contributed by atoms with Gasteiger partial charge in [-0.2, -0.15) is 0 Å². The molecule has 0 saturated heterocycles. The molecule has 0 spiro atoms. The number of rotatable bonds is 6. The summed E-state index contributed by atoms with van der Waals surface area (Å²) < 4.78 is 38.3. The molecule has 0 fully saturated rings. The number of ether oxygens (including phenoxy) is 7. The summed E-state index contributed by atoms with van der Waals surface area (Å²) in [6.45, 7) is 12.4. The molecule has 3 aliphatic heterocycles. The smallest absolute Gasteiger partial charge is 0.306 e. The first kappa shape index (κ1) is 43.5. The minimum absolute atomic E-state index is 0. The number of methoxy groups -OCH3 is 2. The number of hydrogen-bond donors (Lipinski definition) is 2. The van der Waals surface area contributed by atoms with Crippen molar-refractivity contribution >= 4 is 24.3 Å². The summed E-state index contributed by atoms with van der Waals surface area (Å²) in [6, 6.07) is 22.9. The number of para-hydroxylation sites is 3. The molecule has 0 bridgehead atoms. The maximum Gasteiger partial charge on any atom is 0.306 e. The summed E-state index contributed by atoms with van der Waals surface area (Å²) >= 11 is 0. The Kier molecular flexibility index (Phi) is 16.0. The molecular weight excluding hydrogens is 702 g/mol. The van der Waals surface area contributed by atoms with Gasteiger partial charge in [0.15, 0.2) is 0 Å². The molecule has 6 rings (SSSR count).